The Balaban J connectivity index is 0.00000441. The van der Waals surface area contributed by atoms with E-state index in [9.17, 15) is 4.79 Å². The first-order valence-corrected chi connectivity index (χ1v) is 7.41. The fraction of sp³-hybridized carbons (Fsp3) is 0.500. The molecule has 0 aromatic heterocycles. The van der Waals surface area contributed by atoms with Crippen molar-refractivity contribution in [2.24, 2.45) is 10.9 Å². The van der Waals surface area contributed by atoms with E-state index in [4.69, 9.17) is 0 Å². The Bertz CT molecular complexity index is 472. The Hall–Kier alpha value is -1.31. The zero-order chi connectivity index (χ0) is 15.7. The molecular weight excluding hydrogens is 391 g/mol. The van der Waals surface area contributed by atoms with Crippen molar-refractivity contribution >= 4 is 41.5 Å². The van der Waals surface area contributed by atoms with Gasteiger partial charge in [0.25, 0.3) is 0 Å². The smallest absolute Gasteiger partial charge is 0.226 e. The summed E-state index contributed by atoms with van der Waals surface area (Å²) >= 11 is 0. The van der Waals surface area contributed by atoms with E-state index in [1.807, 2.05) is 38.1 Å². The van der Waals surface area contributed by atoms with E-state index in [0.29, 0.717) is 6.54 Å². The average molecular weight is 418 g/mol. The van der Waals surface area contributed by atoms with Crippen molar-refractivity contribution in [3.63, 3.8) is 0 Å². The third kappa shape index (κ3) is 7.63. The quantitative estimate of drug-likeness (QED) is 0.378. The third-order valence-corrected chi connectivity index (χ3v) is 2.97. The number of nitrogens with zero attached hydrogens (tertiary/aromatic N) is 1. The molecule has 0 heterocycles. The maximum Gasteiger partial charge on any atom is 0.226 e. The Morgan fingerprint density at radius 3 is 2.32 bits per heavy atom. The Labute approximate surface area is 150 Å². The van der Waals surface area contributed by atoms with Crippen LogP contribution in [0.2, 0.25) is 0 Å². The van der Waals surface area contributed by atoms with E-state index in [-0.39, 0.29) is 35.8 Å². The van der Waals surface area contributed by atoms with E-state index in [0.717, 1.165) is 30.2 Å². The summed E-state index contributed by atoms with van der Waals surface area (Å²) in [5.74, 6) is 0.818. The van der Waals surface area contributed by atoms with Crippen LogP contribution in [0.4, 0.5) is 5.69 Å². The van der Waals surface area contributed by atoms with Gasteiger partial charge in [0.15, 0.2) is 5.96 Å². The molecule has 0 aliphatic rings. The highest BCUT2D eigenvalue weighted by Gasteiger charge is 2.06. The maximum absolute atomic E-state index is 11.6. The molecule has 0 atom stereocenters. The van der Waals surface area contributed by atoms with Gasteiger partial charge in [-0.15, -0.1) is 24.0 Å². The minimum absolute atomic E-state index is 0. The zero-order valence-electron chi connectivity index (χ0n) is 13.8. The van der Waals surface area contributed by atoms with Gasteiger partial charge in [-0.2, -0.15) is 0 Å². The number of carbonyl (C=O) groups is 1. The van der Waals surface area contributed by atoms with Crippen molar-refractivity contribution in [3.8, 4) is 0 Å². The molecule has 5 nitrogen and oxygen atoms in total. The highest BCUT2D eigenvalue weighted by atomic mass is 127. The fourth-order valence-electron chi connectivity index (χ4n) is 1.64. The summed E-state index contributed by atoms with van der Waals surface area (Å²) in [7, 11) is 1.76. The van der Waals surface area contributed by atoms with Crippen LogP contribution in [0, 0.1) is 5.92 Å². The number of benzene rings is 1. The minimum Gasteiger partial charge on any atom is -0.356 e. The van der Waals surface area contributed by atoms with Gasteiger partial charge >= 0.3 is 0 Å². The number of anilines is 1. The summed E-state index contributed by atoms with van der Waals surface area (Å²) in [5, 5.41) is 9.35. The second-order valence-corrected chi connectivity index (χ2v) is 5.19. The van der Waals surface area contributed by atoms with Gasteiger partial charge in [0, 0.05) is 31.7 Å². The SMILES string of the molecule is CCCNC(=NC)NCc1ccc(NC(=O)C(C)C)cc1.I. The molecule has 0 unspecified atom stereocenters. The molecule has 0 bridgehead atoms. The van der Waals surface area contributed by atoms with E-state index in [1.54, 1.807) is 7.05 Å². The molecule has 22 heavy (non-hydrogen) atoms. The highest BCUT2D eigenvalue weighted by Crippen LogP contribution is 2.10. The average Bonchev–Trinajstić information content (AvgIpc) is 2.49. The van der Waals surface area contributed by atoms with E-state index >= 15 is 0 Å². The summed E-state index contributed by atoms with van der Waals surface area (Å²) < 4.78 is 0. The molecule has 0 aliphatic heterocycles. The van der Waals surface area contributed by atoms with Crippen LogP contribution in [0.25, 0.3) is 0 Å². The summed E-state index contributed by atoms with van der Waals surface area (Å²) in [6.45, 7) is 7.47. The van der Waals surface area contributed by atoms with Crippen LogP contribution in [0.15, 0.2) is 29.3 Å². The number of amides is 1. The Kier molecular flexibility index (Phi) is 10.6. The van der Waals surface area contributed by atoms with Gasteiger partial charge in [-0.3, -0.25) is 9.79 Å². The van der Waals surface area contributed by atoms with Crippen molar-refractivity contribution in [2.45, 2.75) is 33.7 Å². The minimum atomic E-state index is -0.0145. The maximum atomic E-state index is 11.6. The lowest BCUT2D eigenvalue weighted by Gasteiger charge is -2.12. The van der Waals surface area contributed by atoms with Crippen molar-refractivity contribution in [1.29, 1.82) is 0 Å². The third-order valence-electron chi connectivity index (χ3n) is 2.97. The first kappa shape index (κ1) is 20.7. The Morgan fingerprint density at radius 2 is 1.82 bits per heavy atom. The van der Waals surface area contributed by atoms with Crippen LogP contribution >= 0.6 is 24.0 Å². The molecule has 1 aromatic rings. The van der Waals surface area contributed by atoms with Crippen LogP contribution in [0.3, 0.4) is 0 Å². The normalized spacial score (nSPS) is 10.9. The standard InChI is InChI=1S/C16H26N4O.HI/c1-5-10-18-16(17-4)19-11-13-6-8-14(9-7-13)20-15(21)12(2)3;/h6-9,12H,5,10-11H2,1-4H3,(H,20,21)(H2,17,18,19);1H. The molecule has 0 aliphatic carbocycles. The van der Waals surface area contributed by atoms with Crippen LogP contribution in [0.1, 0.15) is 32.8 Å². The van der Waals surface area contributed by atoms with Crippen LogP contribution in [-0.2, 0) is 11.3 Å². The molecule has 1 aromatic carbocycles. The Morgan fingerprint density at radius 1 is 1.18 bits per heavy atom. The number of hydrogen-bond donors (Lipinski definition) is 3. The molecule has 0 spiro atoms. The van der Waals surface area contributed by atoms with E-state index < -0.39 is 0 Å². The molecule has 0 saturated carbocycles. The molecule has 0 saturated heterocycles. The lowest BCUT2D eigenvalue weighted by Crippen LogP contribution is -2.37. The van der Waals surface area contributed by atoms with Gasteiger partial charge < -0.3 is 16.0 Å². The molecule has 1 amide bonds. The van der Waals surface area contributed by atoms with Crippen molar-refractivity contribution < 1.29 is 4.79 Å². The number of carbonyl (C=O) groups excluding carboxylic acids is 1. The number of halogens is 1. The van der Waals surface area contributed by atoms with Crippen LogP contribution in [0.5, 0.6) is 0 Å². The predicted octanol–water partition coefficient (Wildman–Crippen LogP) is 2.97. The van der Waals surface area contributed by atoms with Gasteiger partial charge in [-0.05, 0) is 24.1 Å². The second-order valence-electron chi connectivity index (χ2n) is 5.19. The summed E-state index contributed by atoms with van der Waals surface area (Å²) in [5.41, 5.74) is 1.96. The number of rotatable bonds is 6. The highest BCUT2D eigenvalue weighted by molar-refractivity contribution is 14.0. The summed E-state index contributed by atoms with van der Waals surface area (Å²) in [4.78, 5) is 15.8. The van der Waals surface area contributed by atoms with Crippen LogP contribution in [-0.4, -0.2) is 25.5 Å². The van der Waals surface area contributed by atoms with E-state index in [2.05, 4.69) is 27.9 Å². The molecule has 6 heteroatoms. The van der Waals surface area contributed by atoms with Crippen molar-refractivity contribution in [1.82, 2.24) is 10.6 Å². The van der Waals surface area contributed by atoms with Crippen LogP contribution < -0.4 is 16.0 Å². The predicted molar refractivity (Wildman–Crippen MR) is 104 cm³/mol. The first-order valence-electron chi connectivity index (χ1n) is 7.41. The largest absolute Gasteiger partial charge is 0.356 e. The molecule has 124 valence electrons. The second kappa shape index (κ2) is 11.3. The number of hydrogen-bond acceptors (Lipinski definition) is 2. The van der Waals surface area contributed by atoms with Gasteiger partial charge in [0.1, 0.15) is 0 Å². The first-order chi connectivity index (χ1) is 10.1. The monoisotopic (exact) mass is 418 g/mol. The van der Waals surface area contributed by atoms with Gasteiger partial charge in [0.2, 0.25) is 5.91 Å². The number of nitrogens with one attached hydrogen (secondary N) is 3. The van der Waals surface area contributed by atoms with Gasteiger partial charge in [-0.1, -0.05) is 32.9 Å². The van der Waals surface area contributed by atoms with Crippen molar-refractivity contribution in [2.75, 3.05) is 18.9 Å². The lowest BCUT2D eigenvalue weighted by molar-refractivity contribution is -0.118. The summed E-state index contributed by atoms with van der Waals surface area (Å²) in [6.07, 6.45) is 1.06. The number of guanidine groups is 1. The van der Waals surface area contributed by atoms with Gasteiger partial charge in [-0.25, -0.2) is 0 Å². The van der Waals surface area contributed by atoms with Gasteiger partial charge in [0.05, 0.1) is 0 Å². The zero-order valence-corrected chi connectivity index (χ0v) is 16.1. The molecule has 3 N–H and O–H groups in total. The topological polar surface area (TPSA) is 65.5 Å². The van der Waals surface area contributed by atoms with Crippen molar-refractivity contribution in [3.05, 3.63) is 29.8 Å². The summed E-state index contributed by atoms with van der Waals surface area (Å²) in [6, 6.07) is 7.82. The molecule has 1 rings (SSSR count). The molecule has 0 radical (unpaired) electrons. The molecular formula is C16H27IN4O. The number of aliphatic imine (C=N–C) groups is 1. The lowest BCUT2D eigenvalue weighted by atomic mass is 10.1. The molecule has 0 fully saturated rings. The fourth-order valence-corrected chi connectivity index (χ4v) is 1.64. The van der Waals surface area contributed by atoms with E-state index in [1.165, 1.54) is 0 Å².